The molecule has 0 aromatic heterocycles. The van der Waals surface area contributed by atoms with Gasteiger partial charge >= 0.3 is 0 Å². The Kier molecular flexibility index (Phi) is 3.59. The smallest absolute Gasteiger partial charge is 0.255 e. The Hall–Kier alpha value is -1.65. The van der Waals surface area contributed by atoms with Gasteiger partial charge < -0.3 is 4.74 Å². The van der Waals surface area contributed by atoms with Crippen molar-refractivity contribution in [2.45, 2.75) is 39.7 Å². The van der Waals surface area contributed by atoms with E-state index in [1.807, 2.05) is 42.5 Å². The zero-order valence-corrected chi connectivity index (χ0v) is 12.7. The van der Waals surface area contributed by atoms with E-state index < -0.39 is 6.23 Å². The highest BCUT2D eigenvalue weighted by Crippen LogP contribution is 2.40. The van der Waals surface area contributed by atoms with Gasteiger partial charge in [0.15, 0.2) is 6.23 Å². The van der Waals surface area contributed by atoms with Gasteiger partial charge in [-0.2, -0.15) is 5.06 Å². The van der Waals surface area contributed by atoms with Crippen molar-refractivity contribution in [3.8, 4) is 0 Å². The van der Waals surface area contributed by atoms with Gasteiger partial charge in [-0.1, -0.05) is 57.2 Å². The molecule has 4 heteroatoms. The van der Waals surface area contributed by atoms with Gasteiger partial charge in [-0.05, 0) is 17.1 Å². The maximum absolute atomic E-state index is 12.7. The maximum Gasteiger partial charge on any atom is 0.255 e. The summed E-state index contributed by atoms with van der Waals surface area (Å²) in [6.45, 7) is 6.53. The first-order chi connectivity index (χ1) is 9.97. The number of hydrogen-bond donors (Lipinski definition) is 0. The molecule has 3 atom stereocenters. The Morgan fingerprint density at radius 3 is 2.57 bits per heavy atom. The largest absolute Gasteiger partial charge is 0.344 e. The fourth-order valence-electron chi connectivity index (χ4n) is 2.90. The van der Waals surface area contributed by atoms with Crippen molar-refractivity contribution in [1.82, 2.24) is 5.06 Å². The number of carbonyl (C=O) groups is 1. The number of hydrogen-bond acceptors (Lipinski definition) is 3. The third kappa shape index (κ3) is 2.74. The molecule has 0 N–H and O–H groups in total. The number of rotatable bonds is 3. The monoisotopic (exact) mass is 287 g/mol. The molecule has 1 aromatic carbocycles. The molecule has 3 rings (SSSR count). The van der Waals surface area contributed by atoms with Crippen molar-refractivity contribution in [2.75, 3.05) is 0 Å². The average molecular weight is 287 g/mol. The lowest BCUT2D eigenvalue weighted by atomic mass is 9.76. The molecule has 2 aliphatic heterocycles. The lowest BCUT2D eigenvalue weighted by Gasteiger charge is -2.42. The zero-order chi connectivity index (χ0) is 15.0. The first-order valence-corrected chi connectivity index (χ1v) is 7.30. The molecule has 21 heavy (non-hydrogen) atoms. The second-order valence-electron chi connectivity index (χ2n) is 6.64. The van der Waals surface area contributed by atoms with Gasteiger partial charge in [0.05, 0.1) is 12.0 Å². The molecular weight excluding hydrogens is 266 g/mol. The summed E-state index contributed by atoms with van der Waals surface area (Å²) in [5.74, 6) is -0.215. The summed E-state index contributed by atoms with van der Waals surface area (Å²) < 4.78 is 5.88. The molecule has 1 fully saturated rings. The minimum absolute atomic E-state index is 0.00433. The molecule has 0 radical (unpaired) electrons. The van der Waals surface area contributed by atoms with Crippen LogP contribution in [0.5, 0.6) is 0 Å². The van der Waals surface area contributed by atoms with E-state index in [1.165, 1.54) is 5.06 Å². The summed E-state index contributed by atoms with van der Waals surface area (Å²) in [7, 11) is 0. The van der Waals surface area contributed by atoms with Gasteiger partial charge in [0, 0.05) is 0 Å². The van der Waals surface area contributed by atoms with Crippen molar-refractivity contribution in [3.05, 3.63) is 48.0 Å². The van der Waals surface area contributed by atoms with Crippen molar-refractivity contribution in [3.63, 3.8) is 0 Å². The summed E-state index contributed by atoms with van der Waals surface area (Å²) >= 11 is 0. The first-order valence-electron chi connectivity index (χ1n) is 7.30. The highest BCUT2D eigenvalue weighted by Gasteiger charge is 2.49. The summed E-state index contributed by atoms with van der Waals surface area (Å²) in [6, 6.07) is 9.82. The highest BCUT2D eigenvalue weighted by molar-refractivity contribution is 5.81. The third-order valence-corrected chi connectivity index (χ3v) is 3.95. The van der Waals surface area contributed by atoms with Gasteiger partial charge in [0.1, 0.15) is 6.61 Å². The van der Waals surface area contributed by atoms with Crippen LogP contribution in [-0.4, -0.2) is 23.3 Å². The maximum atomic E-state index is 12.7. The van der Waals surface area contributed by atoms with Crippen LogP contribution in [0.1, 0.15) is 26.3 Å². The van der Waals surface area contributed by atoms with E-state index in [2.05, 4.69) is 20.8 Å². The van der Waals surface area contributed by atoms with Crippen molar-refractivity contribution in [1.29, 1.82) is 0 Å². The third-order valence-electron chi connectivity index (χ3n) is 3.95. The van der Waals surface area contributed by atoms with E-state index in [0.29, 0.717) is 6.61 Å². The van der Waals surface area contributed by atoms with Crippen LogP contribution in [-0.2, 0) is 21.0 Å². The van der Waals surface area contributed by atoms with Crippen molar-refractivity contribution >= 4 is 5.91 Å². The molecule has 0 unspecified atom stereocenters. The zero-order valence-electron chi connectivity index (χ0n) is 12.7. The summed E-state index contributed by atoms with van der Waals surface area (Å²) in [4.78, 5) is 18.5. The van der Waals surface area contributed by atoms with Gasteiger partial charge in [-0.25, -0.2) is 0 Å². The average Bonchev–Trinajstić information content (AvgIpc) is 2.83. The normalized spacial score (nSPS) is 28.2. The molecule has 4 nitrogen and oxygen atoms in total. The molecule has 1 aromatic rings. The Morgan fingerprint density at radius 1 is 1.19 bits per heavy atom. The fourth-order valence-corrected chi connectivity index (χ4v) is 2.90. The number of fused-ring (bicyclic) bond motifs is 2. The topological polar surface area (TPSA) is 38.8 Å². The van der Waals surface area contributed by atoms with Gasteiger partial charge in [-0.15, -0.1) is 0 Å². The lowest BCUT2D eigenvalue weighted by molar-refractivity contribution is -0.269. The van der Waals surface area contributed by atoms with Crippen LogP contribution >= 0.6 is 0 Å². The quantitative estimate of drug-likeness (QED) is 0.802. The summed E-state index contributed by atoms with van der Waals surface area (Å²) in [6.07, 6.45) is 3.34. The van der Waals surface area contributed by atoms with E-state index in [1.54, 1.807) is 0 Å². The number of carbonyl (C=O) groups excluding carboxylic acids is 1. The van der Waals surface area contributed by atoms with Crippen LogP contribution in [0.25, 0.3) is 0 Å². The van der Waals surface area contributed by atoms with E-state index in [0.717, 1.165) is 5.56 Å². The van der Waals surface area contributed by atoms with E-state index >= 15 is 0 Å². The molecule has 2 heterocycles. The summed E-state index contributed by atoms with van der Waals surface area (Å²) in [5, 5.41) is 1.39. The van der Waals surface area contributed by atoms with Gasteiger partial charge in [0.2, 0.25) is 0 Å². The molecule has 0 aliphatic carbocycles. The minimum atomic E-state index is -0.398. The standard InChI is InChI=1S/C17H21NO3/c1-17(2,3)15-13-9-10-14(21-13)18(16(15)19)20-11-12-7-5-4-6-8-12/h4-10,13-15H,11H2,1-3H3/t13-,14+,15+/m1/s1. The Labute approximate surface area is 125 Å². The van der Waals surface area contributed by atoms with Crippen LogP contribution in [0.3, 0.4) is 0 Å². The molecule has 1 saturated heterocycles. The predicted octanol–water partition coefficient (Wildman–Crippen LogP) is 2.90. The number of benzene rings is 1. The molecular formula is C17H21NO3. The number of amides is 1. The number of hydroxylamine groups is 2. The molecule has 0 saturated carbocycles. The van der Waals surface area contributed by atoms with Crippen LogP contribution in [0, 0.1) is 11.3 Å². The Bertz CT molecular complexity index is 547. The SMILES string of the molecule is CC(C)(C)[C@@H]1C(=O)N(OCc2ccccc2)[C@@H]2C=C[C@H]1O2. The predicted molar refractivity (Wildman–Crippen MR) is 78.8 cm³/mol. The Balaban J connectivity index is 1.75. The number of nitrogens with zero attached hydrogens (tertiary/aromatic N) is 1. The summed E-state index contributed by atoms with van der Waals surface area (Å²) in [5.41, 5.74) is 0.858. The lowest BCUT2D eigenvalue weighted by Crippen LogP contribution is -2.54. The minimum Gasteiger partial charge on any atom is -0.344 e. The second kappa shape index (κ2) is 5.28. The van der Waals surface area contributed by atoms with Crippen LogP contribution < -0.4 is 0 Å². The number of ether oxygens (including phenoxy) is 1. The molecule has 2 bridgehead atoms. The van der Waals surface area contributed by atoms with Crippen LogP contribution in [0.15, 0.2) is 42.5 Å². The Morgan fingerprint density at radius 2 is 1.90 bits per heavy atom. The van der Waals surface area contributed by atoms with E-state index in [4.69, 9.17) is 9.57 Å². The fraction of sp³-hybridized carbons (Fsp3) is 0.471. The van der Waals surface area contributed by atoms with Crippen molar-refractivity contribution in [2.24, 2.45) is 11.3 Å². The second-order valence-corrected chi connectivity index (χ2v) is 6.64. The van der Waals surface area contributed by atoms with Gasteiger partial charge in [-0.3, -0.25) is 9.63 Å². The van der Waals surface area contributed by atoms with Crippen LogP contribution in [0.2, 0.25) is 0 Å². The first kappa shape index (κ1) is 14.3. The van der Waals surface area contributed by atoms with Crippen LogP contribution in [0.4, 0.5) is 0 Å². The molecule has 2 aliphatic rings. The van der Waals surface area contributed by atoms with Gasteiger partial charge in [0.25, 0.3) is 5.91 Å². The van der Waals surface area contributed by atoms with E-state index in [-0.39, 0.29) is 23.3 Å². The molecule has 0 spiro atoms. The van der Waals surface area contributed by atoms with Crippen molar-refractivity contribution < 1.29 is 14.4 Å². The van der Waals surface area contributed by atoms with E-state index in [9.17, 15) is 4.79 Å². The molecule has 112 valence electrons. The molecule has 1 amide bonds. The highest BCUT2D eigenvalue weighted by atomic mass is 16.7.